The van der Waals surface area contributed by atoms with Gasteiger partial charge in [-0.15, -0.1) is 0 Å². The second kappa shape index (κ2) is 6.90. The fourth-order valence-electron chi connectivity index (χ4n) is 1.73. The summed E-state index contributed by atoms with van der Waals surface area (Å²) in [5.41, 5.74) is 0.348. The summed E-state index contributed by atoms with van der Waals surface area (Å²) in [6.07, 6.45) is 3.31. The summed E-state index contributed by atoms with van der Waals surface area (Å²) >= 11 is 5.92. The molecule has 21 heavy (non-hydrogen) atoms. The number of likely N-dealkylation sites (N-methyl/N-ethyl adjacent to an activating group) is 1. The van der Waals surface area contributed by atoms with E-state index in [-0.39, 0.29) is 18.4 Å². The number of amides is 2. The Morgan fingerprint density at radius 1 is 1.38 bits per heavy atom. The Morgan fingerprint density at radius 2 is 2.14 bits per heavy atom. The fraction of sp³-hybridized carbons (Fsp3) is 0.214. The largest absolute Gasteiger partial charge is 0.347 e. The first-order valence-electron chi connectivity index (χ1n) is 6.33. The Bertz CT molecular complexity index is 628. The van der Waals surface area contributed by atoms with Gasteiger partial charge in [-0.3, -0.25) is 9.59 Å². The van der Waals surface area contributed by atoms with Crippen molar-refractivity contribution < 1.29 is 9.59 Å². The van der Waals surface area contributed by atoms with Crippen LogP contribution in [-0.2, 0) is 11.3 Å². The third-order valence-electron chi connectivity index (χ3n) is 2.89. The lowest BCUT2D eigenvalue weighted by Crippen LogP contribution is -2.38. The molecule has 0 radical (unpaired) electrons. The van der Waals surface area contributed by atoms with Gasteiger partial charge < -0.3 is 15.2 Å². The molecule has 1 aromatic carbocycles. The zero-order chi connectivity index (χ0) is 15.2. The average molecular weight is 307 g/mol. The number of nitrogens with one attached hydrogen (secondary N) is 2. The minimum Gasteiger partial charge on any atom is -0.347 e. The van der Waals surface area contributed by atoms with Gasteiger partial charge in [-0.1, -0.05) is 23.7 Å². The highest BCUT2D eigenvalue weighted by Gasteiger charge is 2.14. The van der Waals surface area contributed by atoms with E-state index in [0.717, 1.165) is 0 Å². The quantitative estimate of drug-likeness (QED) is 0.877. The Hall–Kier alpha value is -2.34. The van der Waals surface area contributed by atoms with Gasteiger partial charge >= 0.3 is 0 Å². The van der Waals surface area contributed by atoms with E-state index in [1.165, 1.54) is 4.90 Å². The molecule has 0 saturated carbocycles. The fourth-order valence-corrected chi connectivity index (χ4v) is 1.95. The van der Waals surface area contributed by atoms with Crippen molar-refractivity contribution in [1.82, 2.24) is 20.2 Å². The SMILES string of the molecule is CN(Cc1ncc[nH]1)C(=O)CNC(=O)c1ccccc1Cl. The molecule has 0 bridgehead atoms. The van der Waals surface area contributed by atoms with Gasteiger partial charge in [-0.2, -0.15) is 0 Å². The zero-order valence-corrected chi connectivity index (χ0v) is 12.2. The molecule has 0 aliphatic rings. The van der Waals surface area contributed by atoms with Gasteiger partial charge in [0.25, 0.3) is 5.91 Å². The maximum Gasteiger partial charge on any atom is 0.253 e. The molecular formula is C14H15ClN4O2. The third kappa shape index (κ3) is 4.06. The smallest absolute Gasteiger partial charge is 0.253 e. The second-order valence-corrected chi connectivity index (χ2v) is 4.86. The van der Waals surface area contributed by atoms with Crippen LogP contribution in [0.4, 0.5) is 0 Å². The molecule has 2 rings (SSSR count). The minimum atomic E-state index is -0.375. The second-order valence-electron chi connectivity index (χ2n) is 4.45. The summed E-state index contributed by atoms with van der Waals surface area (Å²) in [4.78, 5) is 32.3. The van der Waals surface area contributed by atoms with Crippen LogP contribution in [0, 0.1) is 0 Å². The third-order valence-corrected chi connectivity index (χ3v) is 3.22. The van der Waals surface area contributed by atoms with Crippen molar-refractivity contribution in [3.63, 3.8) is 0 Å². The molecule has 0 unspecified atom stereocenters. The summed E-state index contributed by atoms with van der Waals surface area (Å²) in [6.45, 7) is 0.259. The summed E-state index contributed by atoms with van der Waals surface area (Å²) in [5.74, 6) is 0.0930. The normalized spacial score (nSPS) is 10.2. The summed E-state index contributed by atoms with van der Waals surface area (Å²) in [6, 6.07) is 6.68. The first-order valence-corrected chi connectivity index (χ1v) is 6.70. The molecule has 6 nitrogen and oxygen atoms in total. The summed E-state index contributed by atoms with van der Waals surface area (Å²) < 4.78 is 0. The number of rotatable bonds is 5. The van der Waals surface area contributed by atoms with Crippen LogP contribution >= 0.6 is 11.6 Å². The zero-order valence-electron chi connectivity index (χ0n) is 11.5. The highest BCUT2D eigenvalue weighted by Crippen LogP contribution is 2.14. The van der Waals surface area contributed by atoms with E-state index in [1.807, 2.05) is 0 Å². The van der Waals surface area contributed by atoms with Crippen molar-refractivity contribution >= 4 is 23.4 Å². The molecule has 0 spiro atoms. The molecule has 0 aliphatic heterocycles. The van der Waals surface area contributed by atoms with Crippen molar-refractivity contribution in [2.24, 2.45) is 0 Å². The average Bonchev–Trinajstić information content (AvgIpc) is 2.97. The molecule has 0 aliphatic carbocycles. The van der Waals surface area contributed by atoms with Crippen molar-refractivity contribution in [3.8, 4) is 0 Å². The van der Waals surface area contributed by atoms with E-state index < -0.39 is 0 Å². The Morgan fingerprint density at radius 3 is 2.81 bits per heavy atom. The van der Waals surface area contributed by atoms with Crippen LogP contribution in [0.1, 0.15) is 16.2 Å². The van der Waals surface area contributed by atoms with E-state index in [4.69, 9.17) is 11.6 Å². The first-order chi connectivity index (χ1) is 10.1. The van der Waals surface area contributed by atoms with E-state index in [2.05, 4.69) is 15.3 Å². The van der Waals surface area contributed by atoms with Crippen molar-refractivity contribution in [1.29, 1.82) is 0 Å². The van der Waals surface area contributed by atoms with Crippen LogP contribution in [0.3, 0.4) is 0 Å². The number of aromatic amines is 1. The number of H-pyrrole nitrogens is 1. The first kappa shape index (κ1) is 15.1. The highest BCUT2D eigenvalue weighted by molar-refractivity contribution is 6.33. The Balaban J connectivity index is 1.86. The molecule has 2 amide bonds. The van der Waals surface area contributed by atoms with Gasteiger partial charge in [0.15, 0.2) is 0 Å². The van der Waals surface area contributed by atoms with Gasteiger partial charge in [-0.05, 0) is 12.1 Å². The summed E-state index contributed by atoms with van der Waals surface area (Å²) in [7, 11) is 1.65. The van der Waals surface area contributed by atoms with Crippen LogP contribution in [0.25, 0.3) is 0 Å². The topological polar surface area (TPSA) is 78.1 Å². The number of halogens is 1. The van der Waals surface area contributed by atoms with Gasteiger partial charge in [0.1, 0.15) is 5.82 Å². The van der Waals surface area contributed by atoms with Crippen LogP contribution in [0.2, 0.25) is 5.02 Å². The van der Waals surface area contributed by atoms with Crippen LogP contribution in [0.15, 0.2) is 36.7 Å². The molecule has 110 valence electrons. The Kier molecular flexibility index (Phi) is 4.94. The number of imidazole rings is 1. The maximum atomic E-state index is 11.9. The van der Waals surface area contributed by atoms with Crippen molar-refractivity contribution in [2.75, 3.05) is 13.6 Å². The summed E-state index contributed by atoms with van der Waals surface area (Å²) in [5, 5.41) is 2.91. The molecule has 0 atom stereocenters. The van der Waals surface area contributed by atoms with Crippen LogP contribution in [-0.4, -0.2) is 40.3 Å². The highest BCUT2D eigenvalue weighted by atomic mass is 35.5. The van der Waals surface area contributed by atoms with Gasteiger partial charge in [-0.25, -0.2) is 4.98 Å². The molecule has 2 aromatic rings. The molecular weight excluding hydrogens is 292 g/mol. The molecule has 1 heterocycles. The number of nitrogens with zero attached hydrogens (tertiary/aromatic N) is 2. The van der Waals surface area contributed by atoms with Crippen LogP contribution in [0.5, 0.6) is 0 Å². The molecule has 0 fully saturated rings. The number of carbonyl (C=O) groups excluding carboxylic acids is 2. The van der Waals surface area contributed by atoms with Crippen LogP contribution < -0.4 is 5.32 Å². The van der Waals surface area contributed by atoms with E-state index in [0.29, 0.717) is 23.0 Å². The lowest BCUT2D eigenvalue weighted by molar-refractivity contribution is -0.129. The molecule has 2 N–H and O–H groups in total. The van der Waals surface area contributed by atoms with E-state index >= 15 is 0 Å². The monoisotopic (exact) mass is 306 g/mol. The lowest BCUT2D eigenvalue weighted by Gasteiger charge is -2.16. The van der Waals surface area contributed by atoms with Gasteiger partial charge in [0.2, 0.25) is 5.91 Å². The number of carbonyl (C=O) groups is 2. The maximum absolute atomic E-state index is 11.9. The van der Waals surface area contributed by atoms with E-state index in [1.54, 1.807) is 43.7 Å². The Labute approximate surface area is 127 Å². The number of aromatic nitrogens is 2. The van der Waals surface area contributed by atoms with Crippen molar-refractivity contribution in [3.05, 3.63) is 53.1 Å². The minimum absolute atomic E-state index is 0.0960. The molecule has 1 aromatic heterocycles. The standard InChI is InChI=1S/C14H15ClN4O2/c1-19(9-12-16-6-7-17-12)13(20)8-18-14(21)10-4-2-3-5-11(10)15/h2-7H,8-9H2,1H3,(H,16,17)(H,18,21). The number of benzene rings is 1. The van der Waals surface area contributed by atoms with E-state index in [9.17, 15) is 9.59 Å². The van der Waals surface area contributed by atoms with Gasteiger partial charge in [0, 0.05) is 19.4 Å². The lowest BCUT2D eigenvalue weighted by atomic mass is 10.2. The predicted molar refractivity (Wildman–Crippen MR) is 78.8 cm³/mol. The van der Waals surface area contributed by atoms with Gasteiger partial charge in [0.05, 0.1) is 23.7 Å². The molecule has 0 saturated heterocycles. The predicted octanol–water partition coefficient (Wildman–Crippen LogP) is 1.45. The molecule has 7 heteroatoms. The van der Waals surface area contributed by atoms with Crippen molar-refractivity contribution in [2.45, 2.75) is 6.54 Å². The number of hydrogen-bond donors (Lipinski definition) is 2. The number of hydrogen-bond acceptors (Lipinski definition) is 3.